The topological polar surface area (TPSA) is 95.5 Å². The summed E-state index contributed by atoms with van der Waals surface area (Å²) >= 11 is 1.49. The Morgan fingerprint density at radius 3 is 2.45 bits per heavy atom. The van der Waals surface area contributed by atoms with Crippen LogP contribution in [0.4, 0.5) is 5.00 Å². The van der Waals surface area contributed by atoms with Crippen molar-refractivity contribution in [2.24, 2.45) is 23.7 Å². The summed E-state index contributed by atoms with van der Waals surface area (Å²) in [4.78, 5) is 39.2. The molecule has 1 aromatic heterocycles. The van der Waals surface area contributed by atoms with Crippen LogP contribution in [-0.2, 0) is 22.4 Å². The Kier molecular flexibility index (Phi) is 4.73. The second-order valence-electron chi connectivity index (χ2n) is 8.84. The average molecular weight is 415 g/mol. The van der Waals surface area contributed by atoms with Crippen LogP contribution in [0.2, 0.25) is 0 Å². The van der Waals surface area contributed by atoms with Crippen molar-refractivity contribution < 1.29 is 19.5 Å². The Bertz CT molecular complexity index is 899. The minimum absolute atomic E-state index is 0.0244. The van der Waals surface area contributed by atoms with Crippen LogP contribution in [0, 0.1) is 23.7 Å². The Labute approximate surface area is 173 Å². The molecule has 0 radical (unpaired) electrons. The average Bonchev–Trinajstić information content (AvgIpc) is 3.46. The van der Waals surface area contributed by atoms with Gasteiger partial charge in [0.1, 0.15) is 5.00 Å². The van der Waals surface area contributed by atoms with Crippen LogP contribution in [-0.4, -0.2) is 28.9 Å². The van der Waals surface area contributed by atoms with Crippen LogP contribution in [0.1, 0.15) is 59.3 Å². The van der Waals surface area contributed by atoms with Gasteiger partial charge in [0.15, 0.2) is 0 Å². The molecule has 0 aromatic carbocycles. The van der Waals surface area contributed by atoms with Crippen molar-refractivity contribution in [2.45, 2.75) is 57.4 Å². The van der Waals surface area contributed by atoms with Crippen LogP contribution in [0.15, 0.2) is 12.2 Å². The number of allylic oxidation sites excluding steroid dienone is 2. The van der Waals surface area contributed by atoms with E-state index >= 15 is 0 Å². The van der Waals surface area contributed by atoms with Crippen LogP contribution < -0.4 is 10.6 Å². The number of hydrogen-bond donors (Lipinski definition) is 3. The first kappa shape index (κ1) is 18.9. The van der Waals surface area contributed by atoms with Gasteiger partial charge in [0.2, 0.25) is 5.91 Å². The van der Waals surface area contributed by atoms with E-state index in [1.54, 1.807) is 0 Å². The number of aryl methyl sites for hydroxylation is 1. The summed E-state index contributed by atoms with van der Waals surface area (Å²) in [6.07, 6.45) is 11.8. The molecule has 0 unspecified atom stereocenters. The van der Waals surface area contributed by atoms with E-state index in [-0.39, 0.29) is 29.7 Å². The normalized spacial score (nSPS) is 29.9. The molecule has 0 aliphatic heterocycles. The Morgan fingerprint density at radius 1 is 1.00 bits per heavy atom. The van der Waals surface area contributed by atoms with Crippen molar-refractivity contribution in [3.05, 3.63) is 28.2 Å². The van der Waals surface area contributed by atoms with E-state index in [0.29, 0.717) is 10.6 Å². The molecule has 4 aliphatic rings. The van der Waals surface area contributed by atoms with Crippen LogP contribution in [0.3, 0.4) is 0 Å². The van der Waals surface area contributed by atoms with Crippen LogP contribution >= 0.6 is 11.3 Å². The summed E-state index contributed by atoms with van der Waals surface area (Å²) in [5.74, 6) is -2.58. The monoisotopic (exact) mass is 414 g/mol. The fourth-order valence-electron chi connectivity index (χ4n) is 5.77. The zero-order valence-electron chi connectivity index (χ0n) is 16.3. The van der Waals surface area contributed by atoms with Gasteiger partial charge in [0.05, 0.1) is 17.4 Å². The van der Waals surface area contributed by atoms with Crippen LogP contribution in [0.5, 0.6) is 0 Å². The van der Waals surface area contributed by atoms with Crippen molar-refractivity contribution >= 4 is 34.1 Å². The Balaban J connectivity index is 1.40. The van der Waals surface area contributed by atoms with E-state index in [0.717, 1.165) is 56.9 Å². The third-order valence-electron chi connectivity index (χ3n) is 7.12. The van der Waals surface area contributed by atoms with Crippen molar-refractivity contribution in [3.8, 4) is 0 Å². The first-order chi connectivity index (χ1) is 14.0. The van der Waals surface area contributed by atoms with E-state index in [1.165, 1.54) is 16.2 Å². The second-order valence-corrected chi connectivity index (χ2v) is 9.95. The number of carboxylic acid groups (broad SMARTS) is 1. The summed E-state index contributed by atoms with van der Waals surface area (Å²) in [5.41, 5.74) is 1.69. The van der Waals surface area contributed by atoms with E-state index in [4.69, 9.17) is 0 Å². The van der Waals surface area contributed by atoms with Gasteiger partial charge in [0, 0.05) is 10.9 Å². The number of amides is 2. The predicted molar refractivity (Wildman–Crippen MR) is 110 cm³/mol. The molecule has 1 heterocycles. The van der Waals surface area contributed by atoms with Gasteiger partial charge in [-0.2, -0.15) is 0 Å². The number of aliphatic carboxylic acids is 1. The number of rotatable bonds is 5. The van der Waals surface area contributed by atoms with Gasteiger partial charge in [-0.15, -0.1) is 11.3 Å². The smallest absolute Gasteiger partial charge is 0.307 e. The number of carbonyl (C=O) groups excluding carboxylic acids is 2. The van der Waals surface area contributed by atoms with E-state index in [1.807, 2.05) is 12.2 Å². The molecule has 29 heavy (non-hydrogen) atoms. The molecule has 2 amide bonds. The van der Waals surface area contributed by atoms with Gasteiger partial charge >= 0.3 is 5.97 Å². The molecule has 3 N–H and O–H groups in total. The van der Waals surface area contributed by atoms with E-state index in [2.05, 4.69) is 10.6 Å². The SMILES string of the molecule is O=C(NC1CCCC1)c1c(NC(=O)[C@H]2[C@H](C(=O)O)[C@H]3C=C[C@H]2C3)sc2c1CCC2. The maximum absolute atomic E-state index is 13.1. The predicted octanol–water partition coefficient (Wildman–Crippen LogP) is 3.37. The molecule has 7 heteroatoms. The van der Waals surface area contributed by atoms with E-state index < -0.39 is 17.8 Å². The third kappa shape index (κ3) is 3.19. The zero-order chi connectivity index (χ0) is 20.1. The highest BCUT2D eigenvalue weighted by Gasteiger charge is 2.51. The van der Waals surface area contributed by atoms with Gasteiger partial charge in [-0.3, -0.25) is 14.4 Å². The molecule has 154 valence electrons. The molecule has 5 rings (SSSR count). The summed E-state index contributed by atoms with van der Waals surface area (Å²) in [7, 11) is 0. The maximum atomic E-state index is 13.1. The Hall–Kier alpha value is -2.15. The lowest BCUT2D eigenvalue weighted by Gasteiger charge is -2.24. The number of carboxylic acids is 1. The second kappa shape index (κ2) is 7.27. The Morgan fingerprint density at radius 2 is 1.72 bits per heavy atom. The lowest BCUT2D eigenvalue weighted by Crippen LogP contribution is -2.37. The number of carbonyl (C=O) groups is 3. The first-order valence-electron chi connectivity index (χ1n) is 10.7. The lowest BCUT2D eigenvalue weighted by molar-refractivity contribution is -0.146. The van der Waals surface area contributed by atoms with Gasteiger partial charge in [-0.1, -0.05) is 25.0 Å². The highest BCUT2D eigenvalue weighted by molar-refractivity contribution is 7.17. The molecule has 1 aromatic rings. The molecule has 0 saturated heterocycles. The lowest BCUT2D eigenvalue weighted by atomic mass is 9.82. The molecule has 4 atom stereocenters. The van der Waals surface area contributed by atoms with Crippen LogP contribution in [0.25, 0.3) is 0 Å². The molecule has 2 saturated carbocycles. The number of thiophene rings is 1. The maximum Gasteiger partial charge on any atom is 0.307 e. The van der Waals surface area contributed by atoms with Crippen molar-refractivity contribution in [3.63, 3.8) is 0 Å². The minimum atomic E-state index is -0.908. The number of anilines is 1. The molecular formula is C22H26N2O4S. The molecule has 0 spiro atoms. The fourth-order valence-corrected chi connectivity index (χ4v) is 7.06. The number of nitrogens with one attached hydrogen (secondary N) is 2. The molecule has 4 aliphatic carbocycles. The zero-order valence-corrected chi connectivity index (χ0v) is 17.1. The molecular weight excluding hydrogens is 388 g/mol. The van der Waals surface area contributed by atoms with Crippen molar-refractivity contribution in [1.29, 1.82) is 0 Å². The number of hydrogen-bond acceptors (Lipinski definition) is 4. The van der Waals surface area contributed by atoms with E-state index in [9.17, 15) is 19.5 Å². The molecule has 2 bridgehead atoms. The van der Waals surface area contributed by atoms with Gasteiger partial charge < -0.3 is 15.7 Å². The van der Waals surface area contributed by atoms with Gasteiger partial charge in [-0.25, -0.2) is 0 Å². The fraction of sp³-hybridized carbons (Fsp3) is 0.591. The summed E-state index contributed by atoms with van der Waals surface area (Å²) in [6, 6.07) is 0.218. The standard InChI is InChI=1S/C22H26N2O4S/c25-19(16-11-8-9-12(10-11)17(16)22(27)28)24-21-18(14-6-3-7-15(14)29-21)20(26)23-13-4-1-2-5-13/h8-9,11-13,16-17H,1-7,10H2,(H,23,26)(H,24,25)(H,27,28)/t11-,12-,16+,17+/m0/s1. The van der Waals surface area contributed by atoms with Crippen molar-refractivity contribution in [2.75, 3.05) is 5.32 Å². The van der Waals surface area contributed by atoms with Gasteiger partial charge in [0.25, 0.3) is 5.91 Å². The minimum Gasteiger partial charge on any atom is -0.481 e. The van der Waals surface area contributed by atoms with Gasteiger partial charge in [-0.05, 0) is 55.9 Å². The summed E-state index contributed by atoms with van der Waals surface area (Å²) in [6.45, 7) is 0. The third-order valence-corrected chi connectivity index (χ3v) is 8.33. The quantitative estimate of drug-likeness (QED) is 0.644. The largest absolute Gasteiger partial charge is 0.481 e. The highest BCUT2D eigenvalue weighted by Crippen LogP contribution is 2.49. The highest BCUT2D eigenvalue weighted by atomic mass is 32.1. The summed E-state index contributed by atoms with van der Waals surface area (Å²) < 4.78 is 0. The van der Waals surface area contributed by atoms with Crippen molar-refractivity contribution in [1.82, 2.24) is 5.32 Å². The molecule has 2 fully saturated rings. The molecule has 6 nitrogen and oxygen atoms in total. The summed E-state index contributed by atoms with van der Waals surface area (Å²) in [5, 5.41) is 16.4. The number of fused-ring (bicyclic) bond motifs is 3. The first-order valence-corrected chi connectivity index (χ1v) is 11.5.